The largest absolute Gasteiger partial charge is 0.357 e. The van der Waals surface area contributed by atoms with Crippen molar-refractivity contribution in [2.45, 2.75) is 58.7 Å². The summed E-state index contributed by atoms with van der Waals surface area (Å²) < 4.78 is 2.11. The van der Waals surface area contributed by atoms with E-state index in [1.807, 2.05) is 6.33 Å². The number of fused-ring (bicyclic) bond motifs is 1. The van der Waals surface area contributed by atoms with E-state index in [-0.39, 0.29) is 24.0 Å². The van der Waals surface area contributed by atoms with Crippen molar-refractivity contribution in [1.29, 1.82) is 0 Å². The van der Waals surface area contributed by atoms with Crippen molar-refractivity contribution >= 4 is 29.9 Å². The van der Waals surface area contributed by atoms with Crippen molar-refractivity contribution in [2.75, 3.05) is 32.7 Å². The quantitative estimate of drug-likeness (QED) is 0.325. The highest BCUT2D eigenvalue weighted by Gasteiger charge is 2.36. The van der Waals surface area contributed by atoms with E-state index < -0.39 is 0 Å². The monoisotopic (exact) mass is 551 g/mol. The lowest BCUT2D eigenvalue weighted by Crippen LogP contribution is -2.56. The van der Waals surface area contributed by atoms with Crippen molar-refractivity contribution in [1.82, 2.24) is 29.9 Å². The second-order valence-corrected chi connectivity index (χ2v) is 8.69. The van der Waals surface area contributed by atoms with Crippen LogP contribution in [-0.4, -0.2) is 69.3 Å². The van der Waals surface area contributed by atoms with Crippen molar-refractivity contribution in [3.05, 3.63) is 48.0 Å². The van der Waals surface area contributed by atoms with E-state index in [4.69, 9.17) is 4.99 Å². The highest BCUT2D eigenvalue weighted by Crippen LogP contribution is 2.31. The Bertz CT molecular complexity index is 838. The number of hydrogen-bond acceptors (Lipinski definition) is 4. The molecule has 0 radical (unpaired) electrons. The van der Waals surface area contributed by atoms with Gasteiger partial charge in [0, 0.05) is 45.2 Å². The lowest BCUT2D eigenvalue weighted by Gasteiger charge is -2.48. The van der Waals surface area contributed by atoms with Crippen LogP contribution >= 0.6 is 24.0 Å². The highest BCUT2D eigenvalue weighted by molar-refractivity contribution is 14.0. The first-order valence-corrected chi connectivity index (χ1v) is 12.0. The van der Waals surface area contributed by atoms with Crippen LogP contribution in [-0.2, 0) is 19.5 Å². The minimum Gasteiger partial charge on any atom is -0.357 e. The maximum absolute atomic E-state index is 4.95. The first-order valence-electron chi connectivity index (χ1n) is 12.0. The van der Waals surface area contributed by atoms with Crippen LogP contribution in [0.2, 0.25) is 0 Å². The van der Waals surface area contributed by atoms with Crippen LogP contribution in [0.5, 0.6) is 0 Å². The summed E-state index contributed by atoms with van der Waals surface area (Å²) >= 11 is 0. The van der Waals surface area contributed by atoms with E-state index in [0.717, 1.165) is 63.4 Å². The van der Waals surface area contributed by atoms with Crippen LogP contribution in [0, 0.1) is 5.92 Å². The first-order chi connectivity index (χ1) is 15.3. The molecule has 32 heavy (non-hydrogen) atoms. The van der Waals surface area contributed by atoms with Crippen LogP contribution in [0.1, 0.15) is 44.5 Å². The predicted octanol–water partition coefficient (Wildman–Crippen LogP) is 3.41. The first kappa shape index (κ1) is 25.0. The van der Waals surface area contributed by atoms with Crippen molar-refractivity contribution in [3.8, 4) is 0 Å². The SMILES string of the molecule is CCNC(=NCCn1cnnc1CC)N1CCC2C(CCCN2Cc2ccccc2)C1.I. The molecular weight excluding hydrogens is 513 g/mol. The molecular formula is C24H38IN7. The zero-order chi connectivity index (χ0) is 21.5. The molecule has 8 heteroatoms. The molecule has 3 heterocycles. The van der Waals surface area contributed by atoms with Crippen LogP contribution < -0.4 is 5.32 Å². The smallest absolute Gasteiger partial charge is 0.193 e. The molecule has 2 aliphatic rings. The van der Waals surface area contributed by atoms with Gasteiger partial charge in [0.15, 0.2) is 5.96 Å². The van der Waals surface area contributed by atoms with Gasteiger partial charge in [-0.15, -0.1) is 34.2 Å². The summed E-state index contributed by atoms with van der Waals surface area (Å²) in [6, 6.07) is 11.6. The summed E-state index contributed by atoms with van der Waals surface area (Å²) in [5.74, 6) is 2.81. The number of likely N-dealkylation sites (tertiary alicyclic amines) is 2. The Labute approximate surface area is 209 Å². The molecule has 0 aliphatic carbocycles. The zero-order valence-corrected chi connectivity index (χ0v) is 21.8. The molecule has 1 N–H and O–H groups in total. The van der Waals surface area contributed by atoms with E-state index >= 15 is 0 Å². The van der Waals surface area contributed by atoms with Crippen molar-refractivity contribution < 1.29 is 0 Å². The number of rotatable bonds is 7. The standard InChI is InChI=1S/C24H37N7.HI/c1-3-23-28-27-19-31(23)16-13-26-24(25-4-2)30-15-12-22-21(18-30)11-8-14-29(22)17-20-9-6-5-7-10-20;/h5-7,9-10,19,21-22H,3-4,8,11-18H2,1-2H3,(H,25,26);1H. The molecule has 0 amide bonds. The second kappa shape index (κ2) is 12.5. The number of halogens is 1. The lowest BCUT2D eigenvalue weighted by atomic mass is 9.83. The van der Waals surface area contributed by atoms with Crippen LogP contribution in [0.15, 0.2) is 41.7 Å². The van der Waals surface area contributed by atoms with Crippen LogP contribution in [0.3, 0.4) is 0 Å². The average molecular weight is 552 g/mol. The summed E-state index contributed by atoms with van der Waals surface area (Å²) in [5.41, 5.74) is 1.43. The number of nitrogens with one attached hydrogen (secondary N) is 1. The fourth-order valence-electron chi connectivity index (χ4n) is 5.14. The van der Waals surface area contributed by atoms with Gasteiger partial charge in [-0.3, -0.25) is 9.89 Å². The minimum atomic E-state index is 0. The normalized spacial score (nSPS) is 21.7. The Morgan fingerprint density at radius 2 is 2.00 bits per heavy atom. The molecule has 4 rings (SSSR count). The molecule has 1 aromatic carbocycles. The third-order valence-electron chi connectivity index (χ3n) is 6.66. The van der Waals surface area contributed by atoms with Gasteiger partial charge in [-0.05, 0) is 44.2 Å². The maximum atomic E-state index is 4.95. The summed E-state index contributed by atoms with van der Waals surface area (Å²) in [7, 11) is 0. The second-order valence-electron chi connectivity index (χ2n) is 8.69. The average Bonchev–Trinajstić information content (AvgIpc) is 3.26. The van der Waals surface area contributed by atoms with Gasteiger partial charge in [0.2, 0.25) is 0 Å². The van der Waals surface area contributed by atoms with Gasteiger partial charge in [-0.1, -0.05) is 37.3 Å². The molecule has 2 atom stereocenters. The summed E-state index contributed by atoms with van der Waals surface area (Å²) in [6.07, 6.45) is 6.55. The fourth-order valence-corrected chi connectivity index (χ4v) is 5.14. The zero-order valence-electron chi connectivity index (χ0n) is 19.5. The summed E-state index contributed by atoms with van der Waals surface area (Å²) in [4.78, 5) is 10.2. The molecule has 1 aromatic heterocycles. The summed E-state index contributed by atoms with van der Waals surface area (Å²) in [6.45, 7) is 11.2. The molecule has 2 aromatic rings. The molecule has 2 unspecified atom stereocenters. The molecule has 0 saturated carbocycles. The number of guanidine groups is 1. The molecule has 0 spiro atoms. The van der Waals surface area contributed by atoms with E-state index in [0.29, 0.717) is 6.04 Å². The third-order valence-corrected chi connectivity index (χ3v) is 6.66. The number of aromatic nitrogens is 3. The topological polar surface area (TPSA) is 61.6 Å². The maximum Gasteiger partial charge on any atom is 0.193 e. The Morgan fingerprint density at radius 1 is 1.16 bits per heavy atom. The lowest BCUT2D eigenvalue weighted by molar-refractivity contribution is 0.0372. The van der Waals surface area contributed by atoms with Gasteiger partial charge in [0.05, 0.1) is 6.54 Å². The van der Waals surface area contributed by atoms with Gasteiger partial charge in [0.1, 0.15) is 12.2 Å². The number of hydrogen-bond donors (Lipinski definition) is 1. The van der Waals surface area contributed by atoms with Gasteiger partial charge < -0.3 is 14.8 Å². The Hall–Kier alpha value is -1.68. The van der Waals surface area contributed by atoms with Crippen LogP contribution in [0.4, 0.5) is 0 Å². The van der Waals surface area contributed by atoms with E-state index in [9.17, 15) is 0 Å². The van der Waals surface area contributed by atoms with E-state index in [1.54, 1.807) is 0 Å². The summed E-state index contributed by atoms with van der Waals surface area (Å²) in [5, 5.41) is 11.7. The number of aliphatic imine (C=N–C) groups is 1. The molecule has 2 fully saturated rings. The van der Waals surface area contributed by atoms with E-state index in [1.165, 1.54) is 31.4 Å². The van der Waals surface area contributed by atoms with Crippen molar-refractivity contribution in [2.24, 2.45) is 10.9 Å². The minimum absolute atomic E-state index is 0. The third kappa shape index (κ3) is 6.21. The molecule has 176 valence electrons. The van der Waals surface area contributed by atoms with Gasteiger partial charge in [-0.25, -0.2) is 0 Å². The predicted molar refractivity (Wildman–Crippen MR) is 140 cm³/mol. The molecule has 2 saturated heterocycles. The van der Waals surface area contributed by atoms with E-state index in [2.05, 4.69) is 74.1 Å². The Balaban J connectivity index is 0.00000289. The number of piperidine rings is 2. The molecule has 2 aliphatic heterocycles. The van der Waals surface area contributed by atoms with Gasteiger partial charge >= 0.3 is 0 Å². The number of aryl methyl sites for hydroxylation is 1. The van der Waals surface area contributed by atoms with Crippen molar-refractivity contribution in [3.63, 3.8) is 0 Å². The number of nitrogens with zero attached hydrogens (tertiary/aromatic N) is 6. The number of benzene rings is 1. The van der Waals surface area contributed by atoms with Crippen LogP contribution in [0.25, 0.3) is 0 Å². The highest BCUT2D eigenvalue weighted by atomic mass is 127. The Morgan fingerprint density at radius 3 is 2.78 bits per heavy atom. The fraction of sp³-hybridized carbons (Fsp3) is 0.625. The van der Waals surface area contributed by atoms with Gasteiger partial charge in [-0.2, -0.15) is 0 Å². The molecule has 7 nitrogen and oxygen atoms in total. The Kier molecular flexibility index (Phi) is 9.77. The van der Waals surface area contributed by atoms with Gasteiger partial charge in [0.25, 0.3) is 0 Å². The molecule has 0 bridgehead atoms.